The molecule has 6 nitrogen and oxygen atoms in total. The largest absolute Gasteiger partial charge is 0.494 e. The maximum atomic E-state index is 12.2. The fourth-order valence-corrected chi connectivity index (χ4v) is 2.01. The van der Waals surface area contributed by atoms with Crippen molar-refractivity contribution in [3.05, 3.63) is 54.1 Å². The number of rotatable bonds is 6. The number of nitrogens with two attached hydrogens (primary N) is 1. The zero-order valence-corrected chi connectivity index (χ0v) is 12.8. The zero-order valence-electron chi connectivity index (χ0n) is 12.8. The van der Waals surface area contributed by atoms with Crippen molar-refractivity contribution >= 4 is 23.2 Å². The minimum Gasteiger partial charge on any atom is -0.494 e. The van der Waals surface area contributed by atoms with Crippen molar-refractivity contribution in [1.29, 1.82) is 0 Å². The molecule has 0 heterocycles. The number of carbonyl (C=O) groups excluding carboxylic acids is 2. The summed E-state index contributed by atoms with van der Waals surface area (Å²) in [4.78, 5) is 23.7. The molecule has 0 radical (unpaired) electrons. The van der Waals surface area contributed by atoms with Gasteiger partial charge in [-0.3, -0.25) is 9.59 Å². The van der Waals surface area contributed by atoms with Crippen LogP contribution in [-0.2, 0) is 4.79 Å². The van der Waals surface area contributed by atoms with Crippen LogP contribution in [0.15, 0.2) is 48.5 Å². The van der Waals surface area contributed by atoms with Crippen LogP contribution in [0.2, 0.25) is 0 Å². The van der Waals surface area contributed by atoms with E-state index in [1.165, 1.54) is 7.11 Å². The smallest absolute Gasteiger partial charge is 0.255 e. The summed E-state index contributed by atoms with van der Waals surface area (Å²) in [5.74, 6) is 0.0549. The van der Waals surface area contributed by atoms with E-state index in [9.17, 15) is 9.59 Å². The lowest BCUT2D eigenvalue weighted by Gasteiger charge is -2.12. The van der Waals surface area contributed by atoms with E-state index in [-0.39, 0.29) is 24.8 Å². The van der Waals surface area contributed by atoms with Crippen molar-refractivity contribution in [2.45, 2.75) is 6.42 Å². The first-order valence-corrected chi connectivity index (χ1v) is 7.18. The molecule has 0 aliphatic carbocycles. The van der Waals surface area contributed by atoms with E-state index in [4.69, 9.17) is 10.5 Å². The predicted molar refractivity (Wildman–Crippen MR) is 89.7 cm³/mol. The molecule has 0 aromatic heterocycles. The van der Waals surface area contributed by atoms with Gasteiger partial charge in [-0.15, -0.1) is 0 Å². The lowest BCUT2D eigenvalue weighted by Crippen LogP contribution is -2.16. The Morgan fingerprint density at radius 1 is 1.09 bits per heavy atom. The summed E-state index contributed by atoms with van der Waals surface area (Å²) >= 11 is 0. The van der Waals surface area contributed by atoms with Crippen molar-refractivity contribution < 1.29 is 14.3 Å². The van der Waals surface area contributed by atoms with Gasteiger partial charge < -0.3 is 21.1 Å². The normalized spacial score (nSPS) is 10.0. The van der Waals surface area contributed by atoms with Crippen LogP contribution in [0, 0.1) is 0 Å². The first-order chi connectivity index (χ1) is 11.1. The highest BCUT2D eigenvalue weighted by atomic mass is 16.5. The second-order valence-corrected chi connectivity index (χ2v) is 4.82. The maximum Gasteiger partial charge on any atom is 0.255 e. The number of nitrogens with one attached hydrogen (secondary N) is 2. The van der Waals surface area contributed by atoms with Gasteiger partial charge >= 0.3 is 0 Å². The van der Waals surface area contributed by atoms with Crippen LogP contribution >= 0.6 is 0 Å². The average molecular weight is 313 g/mol. The van der Waals surface area contributed by atoms with Crippen molar-refractivity contribution in [3.63, 3.8) is 0 Å². The molecule has 6 heteroatoms. The molecule has 0 aliphatic heterocycles. The quantitative estimate of drug-likeness (QED) is 0.762. The van der Waals surface area contributed by atoms with Crippen LogP contribution in [0.1, 0.15) is 16.8 Å². The fourth-order valence-electron chi connectivity index (χ4n) is 2.01. The molecule has 0 saturated heterocycles. The van der Waals surface area contributed by atoms with E-state index in [0.29, 0.717) is 22.7 Å². The number of anilines is 2. The number of hydrogen-bond donors (Lipinski definition) is 3. The number of benzene rings is 2. The summed E-state index contributed by atoms with van der Waals surface area (Å²) < 4.78 is 5.27. The highest BCUT2D eigenvalue weighted by Crippen LogP contribution is 2.28. The summed E-state index contributed by atoms with van der Waals surface area (Å²) in [5.41, 5.74) is 7.00. The maximum absolute atomic E-state index is 12.2. The standard InChI is InChI=1S/C17H19N3O3/c1-23-15-11-13(19-16(21)9-10-18)7-8-14(15)20-17(22)12-5-3-2-4-6-12/h2-8,11H,9-10,18H2,1H3,(H,19,21)(H,20,22). The molecule has 0 spiro atoms. The van der Waals surface area contributed by atoms with Gasteiger partial charge in [-0.2, -0.15) is 0 Å². The van der Waals surface area contributed by atoms with E-state index >= 15 is 0 Å². The fraction of sp³-hybridized carbons (Fsp3) is 0.176. The van der Waals surface area contributed by atoms with Gasteiger partial charge in [0.25, 0.3) is 5.91 Å². The van der Waals surface area contributed by atoms with Crippen molar-refractivity contribution in [2.24, 2.45) is 5.73 Å². The van der Waals surface area contributed by atoms with E-state index in [1.807, 2.05) is 6.07 Å². The van der Waals surface area contributed by atoms with Gasteiger partial charge in [0.1, 0.15) is 5.75 Å². The molecule has 0 atom stereocenters. The second kappa shape index (κ2) is 7.95. The minimum atomic E-state index is -0.233. The lowest BCUT2D eigenvalue weighted by molar-refractivity contribution is -0.116. The number of hydrogen-bond acceptors (Lipinski definition) is 4. The zero-order chi connectivity index (χ0) is 16.7. The molecule has 0 aliphatic rings. The summed E-state index contributed by atoms with van der Waals surface area (Å²) in [6, 6.07) is 13.9. The molecule has 120 valence electrons. The molecule has 23 heavy (non-hydrogen) atoms. The molecule has 2 rings (SSSR count). The summed E-state index contributed by atoms with van der Waals surface area (Å²) in [5, 5.41) is 5.50. The molecule has 2 aromatic carbocycles. The Morgan fingerprint density at radius 3 is 2.48 bits per heavy atom. The Bertz CT molecular complexity index is 687. The van der Waals surface area contributed by atoms with Crippen molar-refractivity contribution in [1.82, 2.24) is 0 Å². The highest BCUT2D eigenvalue weighted by molar-refractivity contribution is 6.05. The molecule has 2 amide bonds. The molecule has 0 unspecified atom stereocenters. The average Bonchev–Trinajstić information content (AvgIpc) is 2.57. The van der Waals surface area contributed by atoms with Gasteiger partial charge in [0.05, 0.1) is 12.8 Å². The van der Waals surface area contributed by atoms with Crippen LogP contribution < -0.4 is 21.1 Å². The molecule has 0 fully saturated rings. The first-order valence-electron chi connectivity index (χ1n) is 7.18. The molecular weight excluding hydrogens is 294 g/mol. The van der Waals surface area contributed by atoms with E-state index in [0.717, 1.165) is 0 Å². The van der Waals surface area contributed by atoms with Crippen LogP contribution in [0.3, 0.4) is 0 Å². The number of methoxy groups -OCH3 is 1. The third kappa shape index (κ3) is 4.55. The Labute approximate surface area is 134 Å². The van der Waals surface area contributed by atoms with Gasteiger partial charge in [-0.25, -0.2) is 0 Å². The van der Waals surface area contributed by atoms with Crippen LogP contribution in [0.5, 0.6) is 5.75 Å². The third-order valence-corrected chi connectivity index (χ3v) is 3.14. The van der Waals surface area contributed by atoms with Crippen LogP contribution in [0.4, 0.5) is 11.4 Å². The Hall–Kier alpha value is -2.86. The highest BCUT2D eigenvalue weighted by Gasteiger charge is 2.11. The van der Waals surface area contributed by atoms with E-state index in [2.05, 4.69) is 10.6 Å². The predicted octanol–water partition coefficient (Wildman–Crippen LogP) is 2.23. The summed E-state index contributed by atoms with van der Waals surface area (Å²) in [6.07, 6.45) is 0.245. The van der Waals surface area contributed by atoms with Gasteiger partial charge in [0, 0.05) is 30.3 Å². The Kier molecular flexibility index (Phi) is 5.71. The SMILES string of the molecule is COc1cc(NC(=O)CCN)ccc1NC(=O)c1ccccc1. The number of amides is 2. The third-order valence-electron chi connectivity index (χ3n) is 3.14. The van der Waals surface area contributed by atoms with Crippen LogP contribution in [-0.4, -0.2) is 25.5 Å². The molecule has 4 N–H and O–H groups in total. The number of carbonyl (C=O) groups is 2. The first kappa shape index (κ1) is 16.5. The van der Waals surface area contributed by atoms with Crippen molar-refractivity contribution in [2.75, 3.05) is 24.3 Å². The summed E-state index contributed by atoms with van der Waals surface area (Å²) in [7, 11) is 1.50. The monoisotopic (exact) mass is 313 g/mol. The molecule has 2 aromatic rings. The van der Waals surface area contributed by atoms with Gasteiger partial charge in [-0.05, 0) is 24.3 Å². The van der Waals surface area contributed by atoms with Crippen molar-refractivity contribution in [3.8, 4) is 5.75 Å². The second-order valence-electron chi connectivity index (χ2n) is 4.82. The summed E-state index contributed by atoms with van der Waals surface area (Å²) in [6.45, 7) is 0.286. The lowest BCUT2D eigenvalue weighted by atomic mass is 10.2. The topological polar surface area (TPSA) is 93.4 Å². The Balaban J connectivity index is 2.13. The minimum absolute atomic E-state index is 0.171. The van der Waals surface area contributed by atoms with E-state index in [1.54, 1.807) is 42.5 Å². The molecule has 0 bridgehead atoms. The van der Waals surface area contributed by atoms with Crippen LogP contribution in [0.25, 0.3) is 0 Å². The van der Waals surface area contributed by atoms with Gasteiger partial charge in [-0.1, -0.05) is 18.2 Å². The number of ether oxygens (including phenoxy) is 1. The molecular formula is C17H19N3O3. The molecule has 0 saturated carbocycles. The van der Waals surface area contributed by atoms with E-state index < -0.39 is 0 Å². The Morgan fingerprint density at radius 2 is 1.83 bits per heavy atom. The van der Waals surface area contributed by atoms with Gasteiger partial charge in [0.2, 0.25) is 5.91 Å². The van der Waals surface area contributed by atoms with Gasteiger partial charge in [0.15, 0.2) is 0 Å².